The van der Waals surface area contributed by atoms with Crippen LogP contribution in [0, 0.1) is 5.92 Å². The van der Waals surface area contributed by atoms with Gasteiger partial charge in [-0.25, -0.2) is 4.98 Å². The molecule has 106 valence electrons. The molecule has 1 unspecified atom stereocenters. The van der Waals surface area contributed by atoms with E-state index in [0.29, 0.717) is 5.69 Å². The normalized spacial score (nSPS) is 18.6. The van der Waals surface area contributed by atoms with Crippen LogP contribution >= 0.6 is 11.3 Å². The number of hydrogen-bond donors (Lipinski definition) is 1. The molecule has 0 saturated carbocycles. The zero-order chi connectivity index (χ0) is 13.8. The van der Waals surface area contributed by atoms with Gasteiger partial charge in [-0.2, -0.15) is 0 Å². The summed E-state index contributed by atoms with van der Waals surface area (Å²) in [6, 6.07) is -0.0955. The van der Waals surface area contributed by atoms with Gasteiger partial charge in [-0.15, -0.1) is 11.3 Å². The smallest absolute Gasteiger partial charge is 0.273 e. The fraction of sp³-hybridized carbons (Fsp3) is 0.714. The Labute approximate surface area is 119 Å². The summed E-state index contributed by atoms with van der Waals surface area (Å²) in [5, 5.41) is 2.67. The van der Waals surface area contributed by atoms with Gasteiger partial charge in [0.15, 0.2) is 0 Å². The van der Waals surface area contributed by atoms with E-state index >= 15 is 0 Å². The van der Waals surface area contributed by atoms with Gasteiger partial charge in [0.2, 0.25) is 0 Å². The molecule has 2 heterocycles. The van der Waals surface area contributed by atoms with Crippen LogP contribution in [0.5, 0.6) is 0 Å². The first kappa shape index (κ1) is 14.5. The molecule has 1 atom stereocenters. The van der Waals surface area contributed by atoms with Gasteiger partial charge in [0.1, 0.15) is 10.7 Å². The molecule has 2 rings (SSSR count). The van der Waals surface area contributed by atoms with Crippen molar-refractivity contribution >= 4 is 17.2 Å². The Morgan fingerprint density at radius 2 is 2.26 bits per heavy atom. The molecule has 0 aromatic carbocycles. The van der Waals surface area contributed by atoms with E-state index in [2.05, 4.69) is 11.9 Å². The average Bonchev–Trinajstić information content (AvgIpc) is 2.89. The number of hydrogen-bond acceptors (Lipinski definition) is 4. The standard InChI is InChI=1S/C14H23N3OS/c1-3-4-11-5-7-17(8-6-11)14(18)12-9-19-13(16-12)10(2)15/h9-11H,3-8,15H2,1-2H3. The highest BCUT2D eigenvalue weighted by atomic mass is 32.1. The fourth-order valence-electron chi connectivity index (χ4n) is 2.59. The summed E-state index contributed by atoms with van der Waals surface area (Å²) in [5.74, 6) is 0.863. The van der Waals surface area contributed by atoms with Crippen molar-refractivity contribution in [3.8, 4) is 0 Å². The summed E-state index contributed by atoms with van der Waals surface area (Å²) in [7, 11) is 0. The molecule has 0 spiro atoms. The Hall–Kier alpha value is -0.940. The third kappa shape index (κ3) is 3.54. The molecular formula is C14H23N3OS. The number of aromatic nitrogens is 1. The highest BCUT2D eigenvalue weighted by molar-refractivity contribution is 7.09. The number of likely N-dealkylation sites (tertiary alicyclic amines) is 1. The molecular weight excluding hydrogens is 258 g/mol. The lowest BCUT2D eigenvalue weighted by Gasteiger charge is -2.31. The van der Waals surface area contributed by atoms with Gasteiger partial charge >= 0.3 is 0 Å². The van der Waals surface area contributed by atoms with Crippen molar-refractivity contribution in [2.24, 2.45) is 11.7 Å². The summed E-state index contributed by atoms with van der Waals surface area (Å²) in [6.45, 7) is 5.86. The molecule has 4 nitrogen and oxygen atoms in total. The first-order valence-electron chi connectivity index (χ1n) is 7.12. The van der Waals surface area contributed by atoms with Gasteiger partial charge in [0.25, 0.3) is 5.91 Å². The number of piperidine rings is 1. The van der Waals surface area contributed by atoms with Gasteiger partial charge < -0.3 is 10.6 Å². The lowest BCUT2D eigenvalue weighted by molar-refractivity contribution is 0.0681. The van der Waals surface area contributed by atoms with E-state index in [1.54, 1.807) is 0 Å². The summed E-state index contributed by atoms with van der Waals surface area (Å²) in [4.78, 5) is 18.6. The molecule has 2 N–H and O–H groups in total. The van der Waals surface area contributed by atoms with Gasteiger partial charge in [-0.05, 0) is 25.7 Å². The number of rotatable bonds is 4. The Morgan fingerprint density at radius 1 is 1.58 bits per heavy atom. The largest absolute Gasteiger partial charge is 0.337 e. The Bertz CT molecular complexity index is 422. The number of thiazole rings is 1. The van der Waals surface area contributed by atoms with Gasteiger partial charge in [0.05, 0.1) is 6.04 Å². The number of nitrogens with zero attached hydrogens (tertiary/aromatic N) is 2. The van der Waals surface area contributed by atoms with Crippen molar-refractivity contribution in [2.45, 2.75) is 45.6 Å². The first-order chi connectivity index (χ1) is 9.11. The fourth-order valence-corrected chi connectivity index (χ4v) is 3.34. The predicted octanol–water partition coefficient (Wildman–Crippen LogP) is 2.82. The van der Waals surface area contributed by atoms with Crippen molar-refractivity contribution in [2.75, 3.05) is 13.1 Å². The van der Waals surface area contributed by atoms with E-state index in [1.807, 2.05) is 17.2 Å². The van der Waals surface area contributed by atoms with E-state index in [1.165, 1.54) is 24.2 Å². The molecule has 1 aromatic heterocycles. The summed E-state index contributed by atoms with van der Waals surface area (Å²) >= 11 is 1.48. The third-order valence-corrected chi connectivity index (χ3v) is 4.77. The number of amides is 1. The Morgan fingerprint density at radius 3 is 2.79 bits per heavy atom. The van der Waals surface area contributed by atoms with Crippen LogP contribution in [0.4, 0.5) is 0 Å². The first-order valence-corrected chi connectivity index (χ1v) is 8.00. The minimum absolute atomic E-state index is 0.0677. The second kappa shape index (κ2) is 6.48. The van der Waals surface area contributed by atoms with E-state index in [9.17, 15) is 4.79 Å². The molecule has 19 heavy (non-hydrogen) atoms. The van der Waals surface area contributed by atoms with Crippen LogP contribution in [0.1, 0.15) is 61.1 Å². The summed E-state index contributed by atoms with van der Waals surface area (Å²) < 4.78 is 0. The van der Waals surface area contributed by atoms with Crippen molar-refractivity contribution in [1.82, 2.24) is 9.88 Å². The Kier molecular flexibility index (Phi) is 4.93. The minimum atomic E-state index is -0.0955. The highest BCUT2D eigenvalue weighted by Crippen LogP contribution is 2.24. The van der Waals surface area contributed by atoms with E-state index in [0.717, 1.165) is 36.9 Å². The molecule has 0 bridgehead atoms. The molecule has 0 aliphatic carbocycles. The molecule has 1 saturated heterocycles. The van der Waals surface area contributed by atoms with Crippen LogP contribution in [0.3, 0.4) is 0 Å². The highest BCUT2D eigenvalue weighted by Gasteiger charge is 2.24. The number of carbonyl (C=O) groups excluding carboxylic acids is 1. The molecule has 1 aliphatic heterocycles. The number of nitrogens with two attached hydrogens (primary N) is 1. The molecule has 0 radical (unpaired) electrons. The predicted molar refractivity (Wildman–Crippen MR) is 78.3 cm³/mol. The summed E-state index contributed by atoms with van der Waals surface area (Å²) in [5.41, 5.74) is 6.34. The van der Waals surface area contributed by atoms with Crippen molar-refractivity contribution in [1.29, 1.82) is 0 Å². The maximum absolute atomic E-state index is 12.3. The van der Waals surface area contributed by atoms with Crippen LogP contribution < -0.4 is 5.73 Å². The molecule has 5 heteroatoms. The molecule has 1 aliphatic rings. The van der Waals surface area contributed by atoms with Crippen LogP contribution in [0.2, 0.25) is 0 Å². The lowest BCUT2D eigenvalue weighted by Crippen LogP contribution is -2.38. The maximum atomic E-state index is 12.3. The van der Waals surface area contributed by atoms with Gasteiger partial charge in [-0.1, -0.05) is 19.8 Å². The van der Waals surface area contributed by atoms with E-state index in [-0.39, 0.29) is 11.9 Å². The molecule has 1 amide bonds. The van der Waals surface area contributed by atoms with Crippen molar-refractivity contribution in [3.05, 3.63) is 16.1 Å². The minimum Gasteiger partial charge on any atom is -0.337 e. The van der Waals surface area contributed by atoms with Crippen molar-refractivity contribution in [3.63, 3.8) is 0 Å². The quantitative estimate of drug-likeness (QED) is 0.923. The van der Waals surface area contributed by atoms with E-state index < -0.39 is 0 Å². The molecule has 1 fully saturated rings. The van der Waals surface area contributed by atoms with E-state index in [4.69, 9.17) is 5.73 Å². The number of carbonyl (C=O) groups is 1. The van der Waals surface area contributed by atoms with Gasteiger partial charge in [0, 0.05) is 18.5 Å². The Balaban J connectivity index is 1.93. The average molecular weight is 281 g/mol. The molecule has 1 aromatic rings. The van der Waals surface area contributed by atoms with Crippen LogP contribution in [0.25, 0.3) is 0 Å². The second-order valence-corrected chi connectivity index (χ2v) is 6.27. The topological polar surface area (TPSA) is 59.2 Å². The van der Waals surface area contributed by atoms with Crippen LogP contribution in [0.15, 0.2) is 5.38 Å². The SMILES string of the molecule is CCCC1CCN(C(=O)c2csc(C(C)N)n2)CC1. The summed E-state index contributed by atoms with van der Waals surface area (Å²) in [6.07, 6.45) is 4.78. The second-order valence-electron chi connectivity index (χ2n) is 5.38. The zero-order valence-electron chi connectivity index (χ0n) is 11.8. The van der Waals surface area contributed by atoms with Crippen LogP contribution in [-0.2, 0) is 0 Å². The third-order valence-electron chi connectivity index (χ3n) is 3.73. The maximum Gasteiger partial charge on any atom is 0.273 e. The van der Waals surface area contributed by atoms with Crippen molar-refractivity contribution < 1.29 is 4.79 Å². The van der Waals surface area contributed by atoms with Crippen LogP contribution in [-0.4, -0.2) is 28.9 Å². The van der Waals surface area contributed by atoms with Gasteiger partial charge in [-0.3, -0.25) is 4.79 Å². The zero-order valence-corrected chi connectivity index (χ0v) is 12.6. The lowest BCUT2D eigenvalue weighted by atomic mass is 9.92. The monoisotopic (exact) mass is 281 g/mol.